The molecule has 1 aromatic carbocycles. The summed E-state index contributed by atoms with van der Waals surface area (Å²) in [6.45, 7) is 4.93. The summed E-state index contributed by atoms with van der Waals surface area (Å²) in [4.78, 5) is 14.5. The Hall–Kier alpha value is -0.540. The smallest absolute Gasteiger partial charge is 0.254 e. The van der Waals surface area contributed by atoms with E-state index in [-0.39, 0.29) is 11.9 Å². The molecule has 1 fully saturated rings. The molecule has 0 radical (unpaired) electrons. The zero-order valence-corrected chi connectivity index (χ0v) is 13.0. The van der Waals surface area contributed by atoms with E-state index in [2.05, 4.69) is 22.9 Å². The topological polar surface area (TPSA) is 20.3 Å². The highest BCUT2D eigenvalue weighted by atomic mass is 79.9. The fraction of sp³-hybridized carbons (Fsp3) is 0.500. The highest BCUT2D eigenvalue weighted by Crippen LogP contribution is 2.28. The average Bonchev–Trinajstić information content (AvgIpc) is 2.73. The van der Waals surface area contributed by atoms with Crippen LogP contribution in [0.15, 0.2) is 22.7 Å². The summed E-state index contributed by atoms with van der Waals surface area (Å²) in [7, 11) is 0. The van der Waals surface area contributed by atoms with Crippen LogP contribution in [-0.2, 0) is 0 Å². The van der Waals surface area contributed by atoms with Crippen molar-refractivity contribution in [1.82, 2.24) is 4.90 Å². The van der Waals surface area contributed by atoms with Crippen LogP contribution in [0.1, 0.15) is 29.3 Å². The van der Waals surface area contributed by atoms with E-state index in [1.807, 2.05) is 30.0 Å². The summed E-state index contributed by atoms with van der Waals surface area (Å²) in [6.07, 6.45) is 1.04. The number of likely N-dealkylation sites (tertiary alicyclic amines) is 1. The molecule has 2 unspecified atom stereocenters. The fourth-order valence-corrected chi connectivity index (χ4v) is 3.33. The fourth-order valence-electron chi connectivity index (χ4n) is 2.49. The zero-order valence-electron chi connectivity index (χ0n) is 10.6. The van der Waals surface area contributed by atoms with Crippen LogP contribution in [0.2, 0.25) is 0 Å². The molecule has 98 valence electrons. The molecule has 0 aliphatic carbocycles. The highest BCUT2D eigenvalue weighted by Gasteiger charge is 2.34. The number of nitrogens with zero attached hydrogens (tertiary/aromatic N) is 1. The van der Waals surface area contributed by atoms with Crippen LogP contribution in [0.5, 0.6) is 0 Å². The molecule has 1 aromatic rings. The lowest BCUT2D eigenvalue weighted by molar-refractivity contribution is 0.0736. The number of hydrogen-bond donors (Lipinski definition) is 0. The molecule has 4 heteroatoms. The van der Waals surface area contributed by atoms with Crippen LogP contribution in [0.4, 0.5) is 0 Å². The van der Waals surface area contributed by atoms with Crippen LogP contribution in [0.3, 0.4) is 0 Å². The Morgan fingerprint density at radius 1 is 1.56 bits per heavy atom. The minimum absolute atomic E-state index is 0.101. The zero-order chi connectivity index (χ0) is 13.3. The molecule has 0 aromatic heterocycles. The lowest BCUT2D eigenvalue weighted by Crippen LogP contribution is -2.39. The first-order chi connectivity index (χ1) is 8.56. The number of rotatable bonds is 2. The number of amides is 1. The van der Waals surface area contributed by atoms with Gasteiger partial charge < -0.3 is 4.90 Å². The summed E-state index contributed by atoms with van der Waals surface area (Å²) in [6, 6.07) is 5.91. The van der Waals surface area contributed by atoms with Gasteiger partial charge in [-0.05, 0) is 37.0 Å². The average molecular weight is 331 g/mol. The van der Waals surface area contributed by atoms with Crippen LogP contribution >= 0.6 is 27.5 Å². The lowest BCUT2D eigenvalue weighted by atomic mass is 10.0. The quantitative estimate of drug-likeness (QED) is 0.754. The van der Waals surface area contributed by atoms with E-state index < -0.39 is 0 Å². The second kappa shape index (κ2) is 5.62. The van der Waals surface area contributed by atoms with Gasteiger partial charge in [-0.15, -0.1) is 11.6 Å². The molecule has 0 N–H and O–H groups in total. The number of carbonyl (C=O) groups excluding carboxylic acids is 1. The maximum atomic E-state index is 12.6. The third-order valence-electron chi connectivity index (χ3n) is 3.80. The van der Waals surface area contributed by atoms with E-state index in [0.29, 0.717) is 11.8 Å². The van der Waals surface area contributed by atoms with Gasteiger partial charge in [0, 0.05) is 28.5 Å². The van der Waals surface area contributed by atoms with Gasteiger partial charge in [-0.2, -0.15) is 0 Å². The molecule has 0 spiro atoms. The lowest BCUT2D eigenvalue weighted by Gasteiger charge is -2.26. The van der Waals surface area contributed by atoms with E-state index in [4.69, 9.17) is 11.6 Å². The van der Waals surface area contributed by atoms with Crippen LogP contribution in [0, 0.1) is 12.8 Å². The maximum Gasteiger partial charge on any atom is 0.254 e. The van der Waals surface area contributed by atoms with Crippen LogP contribution in [0.25, 0.3) is 0 Å². The van der Waals surface area contributed by atoms with E-state index in [9.17, 15) is 4.79 Å². The molecule has 2 nitrogen and oxygen atoms in total. The van der Waals surface area contributed by atoms with Gasteiger partial charge in [0.15, 0.2) is 0 Å². The Kier molecular flexibility index (Phi) is 4.33. The standard InChI is InChI=1S/C14H17BrClNO/c1-9-6-7-17(13(9)8-16)14(18)11-4-3-5-12(15)10(11)2/h3-5,9,13H,6-8H2,1-2H3. The Balaban J connectivity index is 2.29. The van der Waals surface area contributed by atoms with Crippen molar-refractivity contribution in [2.75, 3.05) is 12.4 Å². The van der Waals surface area contributed by atoms with Gasteiger partial charge in [0.2, 0.25) is 0 Å². The van der Waals surface area contributed by atoms with Gasteiger partial charge in [-0.25, -0.2) is 0 Å². The minimum atomic E-state index is 0.101. The predicted molar refractivity (Wildman–Crippen MR) is 78.2 cm³/mol. The Morgan fingerprint density at radius 2 is 2.28 bits per heavy atom. The summed E-state index contributed by atoms with van der Waals surface area (Å²) >= 11 is 9.47. The van der Waals surface area contributed by atoms with Gasteiger partial charge >= 0.3 is 0 Å². The number of halogens is 2. The number of hydrogen-bond acceptors (Lipinski definition) is 1. The van der Waals surface area contributed by atoms with Crippen molar-refractivity contribution in [2.24, 2.45) is 5.92 Å². The molecular weight excluding hydrogens is 314 g/mol. The first-order valence-electron chi connectivity index (χ1n) is 6.18. The van der Waals surface area contributed by atoms with Gasteiger partial charge in [-0.1, -0.05) is 28.9 Å². The normalized spacial score (nSPS) is 23.4. The molecule has 1 amide bonds. The Bertz CT molecular complexity index is 463. The van der Waals surface area contributed by atoms with Crippen molar-refractivity contribution in [3.05, 3.63) is 33.8 Å². The largest absolute Gasteiger partial charge is 0.334 e. The van der Waals surface area contributed by atoms with Crippen molar-refractivity contribution >= 4 is 33.4 Å². The van der Waals surface area contributed by atoms with E-state index in [0.717, 1.165) is 28.6 Å². The van der Waals surface area contributed by atoms with Crippen molar-refractivity contribution < 1.29 is 4.79 Å². The molecule has 0 bridgehead atoms. The summed E-state index contributed by atoms with van der Waals surface area (Å²) in [5.41, 5.74) is 1.77. The molecular formula is C14H17BrClNO. The van der Waals surface area contributed by atoms with Crippen molar-refractivity contribution in [1.29, 1.82) is 0 Å². The van der Waals surface area contributed by atoms with Gasteiger partial charge in [0.1, 0.15) is 0 Å². The highest BCUT2D eigenvalue weighted by molar-refractivity contribution is 9.10. The van der Waals surface area contributed by atoms with Crippen molar-refractivity contribution in [3.8, 4) is 0 Å². The van der Waals surface area contributed by atoms with E-state index in [1.54, 1.807) is 0 Å². The first kappa shape index (κ1) is 13.9. The van der Waals surface area contributed by atoms with E-state index >= 15 is 0 Å². The number of benzene rings is 1. The predicted octanol–water partition coefficient (Wildman–Crippen LogP) is 3.85. The molecule has 0 saturated carbocycles. The molecule has 1 heterocycles. The van der Waals surface area contributed by atoms with Crippen molar-refractivity contribution in [3.63, 3.8) is 0 Å². The molecule has 2 atom stereocenters. The Labute approximate surface area is 121 Å². The summed E-state index contributed by atoms with van der Waals surface area (Å²) in [5.74, 6) is 1.10. The maximum absolute atomic E-state index is 12.6. The summed E-state index contributed by atoms with van der Waals surface area (Å²) < 4.78 is 0.975. The number of alkyl halides is 1. The van der Waals surface area contributed by atoms with Gasteiger partial charge in [0.05, 0.1) is 0 Å². The first-order valence-corrected chi connectivity index (χ1v) is 7.51. The third kappa shape index (κ3) is 2.43. The SMILES string of the molecule is Cc1c(Br)cccc1C(=O)N1CCC(C)C1CCl. The minimum Gasteiger partial charge on any atom is -0.334 e. The summed E-state index contributed by atoms with van der Waals surface area (Å²) in [5, 5.41) is 0. The second-order valence-corrected chi connectivity index (χ2v) is 6.06. The Morgan fingerprint density at radius 3 is 2.94 bits per heavy atom. The van der Waals surface area contributed by atoms with Crippen molar-refractivity contribution in [2.45, 2.75) is 26.3 Å². The van der Waals surface area contributed by atoms with E-state index in [1.165, 1.54) is 0 Å². The third-order valence-corrected chi connectivity index (χ3v) is 4.97. The monoisotopic (exact) mass is 329 g/mol. The van der Waals surface area contributed by atoms with Gasteiger partial charge in [0.25, 0.3) is 5.91 Å². The molecule has 1 aliphatic rings. The molecule has 18 heavy (non-hydrogen) atoms. The molecule has 1 saturated heterocycles. The second-order valence-electron chi connectivity index (χ2n) is 4.90. The number of carbonyl (C=O) groups is 1. The van der Waals surface area contributed by atoms with Gasteiger partial charge in [-0.3, -0.25) is 4.79 Å². The molecule has 2 rings (SSSR count). The molecule has 1 aliphatic heterocycles. The van der Waals surface area contributed by atoms with Crippen LogP contribution < -0.4 is 0 Å². The van der Waals surface area contributed by atoms with Crippen LogP contribution in [-0.4, -0.2) is 29.3 Å².